The van der Waals surface area contributed by atoms with E-state index in [9.17, 15) is 9.59 Å². The van der Waals surface area contributed by atoms with Gasteiger partial charge in [0.05, 0.1) is 5.92 Å². The van der Waals surface area contributed by atoms with Crippen molar-refractivity contribution in [2.24, 2.45) is 11.7 Å². The molecule has 2 N–H and O–H groups in total. The van der Waals surface area contributed by atoms with Crippen LogP contribution in [0.25, 0.3) is 0 Å². The van der Waals surface area contributed by atoms with Crippen molar-refractivity contribution >= 4 is 11.7 Å². The summed E-state index contributed by atoms with van der Waals surface area (Å²) in [5.74, 6) is -0.931. The van der Waals surface area contributed by atoms with Gasteiger partial charge in [0.2, 0.25) is 5.91 Å². The number of hydrogen-bond acceptors (Lipinski definition) is 2. The van der Waals surface area contributed by atoms with E-state index in [0.29, 0.717) is 12.8 Å². The molecule has 0 aromatic carbocycles. The second-order valence-electron chi connectivity index (χ2n) is 11.1. The zero-order valence-electron chi connectivity index (χ0n) is 25.0. The summed E-state index contributed by atoms with van der Waals surface area (Å²) in [4.78, 5) is 24.4. The van der Waals surface area contributed by atoms with Gasteiger partial charge in [-0.3, -0.25) is 9.59 Å². The molecule has 0 bridgehead atoms. The fraction of sp³-hybridized carbons (Fsp3) is 0.824. The summed E-state index contributed by atoms with van der Waals surface area (Å²) in [6.07, 6.45) is 38.7. The SMILES string of the molecule is CCCCCC/C=C\CCCCCCC(C(N)=O)C(=O)CCCCCCC/C=C\CCCCCCCC. The number of unbranched alkanes of at least 4 members (excludes halogenated alkanes) is 19. The highest BCUT2D eigenvalue weighted by molar-refractivity contribution is 6.00. The Morgan fingerprint density at radius 2 is 0.865 bits per heavy atom. The van der Waals surface area contributed by atoms with Crippen LogP contribution in [0.1, 0.15) is 174 Å². The quantitative estimate of drug-likeness (QED) is 0.0609. The van der Waals surface area contributed by atoms with Crippen molar-refractivity contribution in [1.82, 2.24) is 0 Å². The second-order valence-corrected chi connectivity index (χ2v) is 11.1. The van der Waals surface area contributed by atoms with Crippen molar-refractivity contribution in [3.8, 4) is 0 Å². The van der Waals surface area contributed by atoms with Crippen molar-refractivity contribution in [3.63, 3.8) is 0 Å². The van der Waals surface area contributed by atoms with Crippen LogP contribution in [-0.4, -0.2) is 11.7 Å². The Labute approximate surface area is 231 Å². The Balaban J connectivity index is 3.65. The Morgan fingerprint density at radius 1 is 0.514 bits per heavy atom. The van der Waals surface area contributed by atoms with E-state index in [-0.39, 0.29) is 5.78 Å². The van der Waals surface area contributed by atoms with Gasteiger partial charge in [0.1, 0.15) is 5.78 Å². The van der Waals surface area contributed by atoms with E-state index in [1.165, 1.54) is 109 Å². The standard InChI is InChI=1S/C34H63NO2/c1-3-5-7-9-11-13-15-17-18-19-21-23-25-27-29-31-33(36)32(34(35)37)30-28-26-24-22-20-16-14-12-10-8-6-4-2/h14,16-18,32H,3-13,15,19-31H2,1-2H3,(H2,35,37)/b16-14-,18-17-. The van der Waals surface area contributed by atoms with Gasteiger partial charge in [-0.15, -0.1) is 0 Å². The first-order chi connectivity index (χ1) is 18.1. The maximum absolute atomic E-state index is 12.5. The third-order valence-corrected chi connectivity index (χ3v) is 7.42. The van der Waals surface area contributed by atoms with Gasteiger partial charge in [-0.25, -0.2) is 0 Å². The molecule has 0 fully saturated rings. The van der Waals surface area contributed by atoms with Gasteiger partial charge in [-0.1, -0.05) is 128 Å². The average molecular weight is 518 g/mol. The molecule has 0 aromatic heterocycles. The lowest BCUT2D eigenvalue weighted by Crippen LogP contribution is -2.30. The number of primary amides is 1. The first kappa shape index (κ1) is 35.6. The fourth-order valence-corrected chi connectivity index (χ4v) is 4.89. The smallest absolute Gasteiger partial charge is 0.227 e. The summed E-state index contributed by atoms with van der Waals surface area (Å²) in [5.41, 5.74) is 5.56. The maximum Gasteiger partial charge on any atom is 0.227 e. The van der Waals surface area contributed by atoms with E-state index in [1.807, 2.05) is 0 Å². The minimum Gasteiger partial charge on any atom is -0.369 e. The molecule has 0 heterocycles. The molecule has 37 heavy (non-hydrogen) atoms. The fourth-order valence-electron chi connectivity index (χ4n) is 4.89. The molecule has 1 amide bonds. The van der Waals surface area contributed by atoms with Crippen LogP contribution < -0.4 is 5.73 Å². The Morgan fingerprint density at radius 3 is 1.30 bits per heavy atom. The highest BCUT2D eigenvalue weighted by atomic mass is 16.2. The van der Waals surface area contributed by atoms with Crippen LogP contribution >= 0.6 is 0 Å². The van der Waals surface area contributed by atoms with Gasteiger partial charge in [-0.05, 0) is 64.2 Å². The molecule has 0 radical (unpaired) electrons. The van der Waals surface area contributed by atoms with Crippen molar-refractivity contribution in [3.05, 3.63) is 24.3 Å². The number of carbonyl (C=O) groups is 2. The minimum absolute atomic E-state index is 0.0659. The predicted molar refractivity (Wildman–Crippen MR) is 163 cm³/mol. The summed E-state index contributed by atoms with van der Waals surface area (Å²) in [5, 5.41) is 0. The monoisotopic (exact) mass is 517 g/mol. The number of Topliss-reactive ketones (excluding diaryl/α,β-unsaturated/α-hetero) is 1. The van der Waals surface area contributed by atoms with E-state index < -0.39 is 11.8 Å². The highest BCUT2D eigenvalue weighted by Crippen LogP contribution is 2.17. The first-order valence-corrected chi connectivity index (χ1v) is 16.2. The number of rotatable bonds is 29. The first-order valence-electron chi connectivity index (χ1n) is 16.2. The van der Waals surface area contributed by atoms with Crippen LogP contribution in [0.4, 0.5) is 0 Å². The number of hydrogen-bond donors (Lipinski definition) is 1. The zero-order chi connectivity index (χ0) is 27.2. The number of carbonyl (C=O) groups excluding carboxylic acids is 2. The number of nitrogens with two attached hydrogens (primary N) is 1. The average Bonchev–Trinajstić information content (AvgIpc) is 2.88. The van der Waals surface area contributed by atoms with E-state index in [4.69, 9.17) is 5.73 Å². The molecule has 3 heteroatoms. The molecular weight excluding hydrogens is 454 g/mol. The largest absolute Gasteiger partial charge is 0.369 e. The van der Waals surface area contributed by atoms with E-state index >= 15 is 0 Å². The summed E-state index contributed by atoms with van der Waals surface area (Å²) in [7, 11) is 0. The van der Waals surface area contributed by atoms with Crippen LogP contribution in [0.3, 0.4) is 0 Å². The van der Waals surface area contributed by atoms with Gasteiger partial charge in [0.25, 0.3) is 0 Å². The minimum atomic E-state index is -0.570. The summed E-state index contributed by atoms with van der Waals surface area (Å²) < 4.78 is 0. The molecule has 0 aliphatic heterocycles. The molecule has 0 aromatic rings. The predicted octanol–water partition coefficient (Wildman–Crippen LogP) is 10.6. The third kappa shape index (κ3) is 26.0. The van der Waals surface area contributed by atoms with Crippen LogP contribution in [0.2, 0.25) is 0 Å². The number of allylic oxidation sites excluding steroid dienone is 4. The zero-order valence-corrected chi connectivity index (χ0v) is 25.0. The van der Waals surface area contributed by atoms with Crippen LogP contribution in [0.15, 0.2) is 24.3 Å². The van der Waals surface area contributed by atoms with Gasteiger partial charge in [0, 0.05) is 6.42 Å². The normalized spacial score (nSPS) is 12.6. The van der Waals surface area contributed by atoms with Crippen LogP contribution in [-0.2, 0) is 9.59 Å². The molecule has 0 spiro atoms. The van der Waals surface area contributed by atoms with Crippen molar-refractivity contribution in [2.75, 3.05) is 0 Å². The van der Waals surface area contributed by atoms with Gasteiger partial charge in [-0.2, -0.15) is 0 Å². The molecule has 0 saturated heterocycles. The topological polar surface area (TPSA) is 60.2 Å². The molecule has 0 aliphatic rings. The van der Waals surface area contributed by atoms with Crippen LogP contribution in [0.5, 0.6) is 0 Å². The molecule has 0 aliphatic carbocycles. The molecule has 0 rings (SSSR count). The van der Waals surface area contributed by atoms with E-state index in [0.717, 1.165) is 38.5 Å². The van der Waals surface area contributed by atoms with Gasteiger partial charge >= 0.3 is 0 Å². The lowest BCUT2D eigenvalue weighted by Gasteiger charge is -2.12. The third-order valence-electron chi connectivity index (χ3n) is 7.42. The number of amides is 1. The molecule has 1 atom stereocenters. The Hall–Kier alpha value is -1.38. The van der Waals surface area contributed by atoms with E-state index in [1.54, 1.807) is 0 Å². The van der Waals surface area contributed by atoms with Gasteiger partial charge in [0.15, 0.2) is 0 Å². The van der Waals surface area contributed by atoms with Crippen molar-refractivity contribution in [1.29, 1.82) is 0 Å². The summed E-state index contributed by atoms with van der Waals surface area (Å²) >= 11 is 0. The van der Waals surface area contributed by atoms with Crippen molar-refractivity contribution < 1.29 is 9.59 Å². The highest BCUT2D eigenvalue weighted by Gasteiger charge is 2.22. The van der Waals surface area contributed by atoms with E-state index in [2.05, 4.69) is 38.2 Å². The molecular formula is C34H63NO2. The summed E-state index contributed by atoms with van der Waals surface area (Å²) in [6.45, 7) is 4.51. The van der Waals surface area contributed by atoms with Crippen molar-refractivity contribution in [2.45, 2.75) is 174 Å². The van der Waals surface area contributed by atoms with Crippen LogP contribution in [0, 0.1) is 5.92 Å². The number of ketones is 1. The lowest BCUT2D eigenvalue weighted by molar-refractivity contribution is -0.132. The maximum atomic E-state index is 12.5. The molecule has 216 valence electrons. The van der Waals surface area contributed by atoms with Gasteiger partial charge < -0.3 is 5.73 Å². The lowest BCUT2D eigenvalue weighted by atomic mass is 9.92. The Kier molecular flexibility index (Phi) is 28.1. The molecule has 3 nitrogen and oxygen atoms in total. The Bertz CT molecular complexity index is 566. The molecule has 1 unspecified atom stereocenters. The molecule has 0 saturated carbocycles. The second kappa shape index (κ2) is 29.2. The summed E-state index contributed by atoms with van der Waals surface area (Å²) in [6, 6.07) is 0.